The molecule has 2 unspecified atom stereocenters. The van der Waals surface area contributed by atoms with E-state index in [1.807, 2.05) is 6.92 Å². The van der Waals surface area contributed by atoms with Gasteiger partial charge in [0, 0.05) is 25.8 Å². The van der Waals surface area contributed by atoms with Crippen LogP contribution in [0.5, 0.6) is 0 Å². The summed E-state index contributed by atoms with van der Waals surface area (Å²) >= 11 is 0. The van der Waals surface area contributed by atoms with Crippen molar-refractivity contribution in [3.8, 4) is 0 Å². The zero-order valence-electron chi connectivity index (χ0n) is 12.2. The average Bonchev–Trinajstić information content (AvgIpc) is 3.06. The Hall–Kier alpha value is -0.960. The molecular weight excluding hydrogens is 292 g/mol. The lowest BCUT2D eigenvalue weighted by Gasteiger charge is -2.30. The number of hydrogen-bond donors (Lipinski definition) is 1. The molecule has 3 heterocycles. The highest BCUT2D eigenvalue weighted by molar-refractivity contribution is 7.89. The lowest BCUT2D eigenvalue weighted by molar-refractivity contribution is -0.0114. The van der Waals surface area contributed by atoms with Crippen LogP contribution >= 0.6 is 0 Å². The third-order valence-corrected chi connectivity index (χ3v) is 5.81. The van der Waals surface area contributed by atoms with Gasteiger partial charge in [-0.1, -0.05) is 6.92 Å². The fourth-order valence-electron chi connectivity index (χ4n) is 2.89. The minimum absolute atomic E-state index is 0.0577. The Morgan fingerprint density at radius 2 is 2.10 bits per heavy atom. The number of fused-ring (bicyclic) bond motifs is 2. The molecule has 0 spiro atoms. The van der Waals surface area contributed by atoms with E-state index in [0.717, 1.165) is 25.9 Å². The molecule has 1 N–H and O–H groups in total. The molecule has 8 heteroatoms. The predicted octanol–water partition coefficient (Wildman–Crippen LogP) is 0.0445. The highest BCUT2D eigenvalue weighted by Crippen LogP contribution is 2.29. The third kappa shape index (κ3) is 3.13. The van der Waals surface area contributed by atoms with Crippen molar-refractivity contribution in [2.24, 2.45) is 0 Å². The van der Waals surface area contributed by atoms with Crippen molar-refractivity contribution < 1.29 is 13.2 Å². The standard InChI is InChI=1S/C13H22N4O3S/c1-2-14-5-6-16-10-13(7-15-16)21(18,19)17-8-11-3-4-12(9-17)20-11/h7,10-12,14H,2-6,8-9H2,1H3. The first kappa shape index (κ1) is 15.0. The molecule has 0 radical (unpaired) electrons. The molecule has 2 atom stereocenters. The fraction of sp³-hybridized carbons (Fsp3) is 0.769. The summed E-state index contributed by atoms with van der Waals surface area (Å²) in [5.41, 5.74) is 0. The zero-order valence-corrected chi connectivity index (χ0v) is 13.1. The minimum atomic E-state index is -3.45. The second-order valence-electron chi connectivity index (χ2n) is 5.57. The molecule has 21 heavy (non-hydrogen) atoms. The summed E-state index contributed by atoms with van der Waals surface area (Å²) in [5.74, 6) is 0. The van der Waals surface area contributed by atoms with Gasteiger partial charge >= 0.3 is 0 Å². The van der Waals surface area contributed by atoms with Crippen molar-refractivity contribution in [3.05, 3.63) is 12.4 Å². The van der Waals surface area contributed by atoms with E-state index in [1.54, 1.807) is 15.2 Å². The second-order valence-corrected chi connectivity index (χ2v) is 7.51. The number of rotatable bonds is 6. The van der Waals surface area contributed by atoms with E-state index >= 15 is 0 Å². The van der Waals surface area contributed by atoms with Crippen molar-refractivity contribution in [1.29, 1.82) is 0 Å². The molecular formula is C13H22N4O3S. The maximum absolute atomic E-state index is 12.7. The Kier molecular flexibility index (Phi) is 4.30. The van der Waals surface area contributed by atoms with Crippen LogP contribution in [-0.2, 0) is 21.3 Å². The summed E-state index contributed by atoms with van der Waals surface area (Å²) in [4.78, 5) is 0.278. The minimum Gasteiger partial charge on any atom is -0.372 e. The van der Waals surface area contributed by atoms with Gasteiger partial charge in [-0.2, -0.15) is 9.40 Å². The molecule has 0 saturated carbocycles. The van der Waals surface area contributed by atoms with Crippen LogP contribution in [0.2, 0.25) is 0 Å². The summed E-state index contributed by atoms with van der Waals surface area (Å²) in [5, 5.41) is 7.33. The van der Waals surface area contributed by atoms with Gasteiger partial charge in [0.25, 0.3) is 0 Å². The molecule has 3 rings (SSSR count). The van der Waals surface area contributed by atoms with Gasteiger partial charge < -0.3 is 10.1 Å². The zero-order chi connectivity index (χ0) is 14.9. The smallest absolute Gasteiger partial charge is 0.246 e. The van der Waals surface area contributed by atoms with Crippen molar-refractivity contribution in [2.45, 2.75) is 43.4 Å². The molecule has 1 aromatic rings. The Balaban J connectivity index is 1.70. The summed E-state index contributed by atoms with van der Waals surface area (Å²) < 4.78 is 34.2. The predicted molar refractivity (Wildman–Crippen MR) is 77.4 cm³/mol. The summed E-state index contributed by atoms with van der Waals surface area (Å²) in [7, 11) is -3.45. The molecule has 7 nitrogen and oxygen atoms in total. The highest BCUT2D eigenvalue weighted by atomic mass is 32.2. The number of hydrogen-bond acceptors (Lipinski definition) is 5. The van der Waals surface area contributed by atoms with E-state index in [0.29, 0.717) is 19.6 Å². The van der Waals surface area contributed by atoms with Gasteiger partial charge in [0.05, 0.1) is 24.9 Å². The number of nitrogens with zero attached hydrogens (tertiary/aromatic N) is 3. The molecule has 118 valence electrons. The largest absolute Gasteiger partial charge is 0.372 e. The summed E-state index contributed by atoms with van der Waals surface area (Å²) in [6.45, 7) is 5.29. The quantitative estimate of drug-likeness (QED) is 0.751. The Morgan fingerprint density at radius 3 is 2.76 bits per heavy atom. The molecule has 2 bridgehead atoms. The molecule has 2 aliphatic heterocycles. The van der Waals surface area contributed by atoms with E-state index in [-0.39, 0.29) is 17.1 Å². The van der Waals surface area contributed by atoms with E-state index < -0.39 is 10.0 Å². The normalized spacial score (nSPS) is 26.3. The molecule has 1 aromatic heterocycles. The summed E-state index contributed by atoms with van der Waals surface area (Å²) in [6, 6.07) is 0. The van der Waals surface area contributed by atoms with Gasteiger partial charge in [-0.15, -0.1) is 0 Å². The van der Waals surface area contributed by atoms with Crippen LogP contribution in [-0.4, -0.2) is 60.9 Å². The van der Waals surface area contributed by atoms with Gasteiger partial charge in [-0.3, -0.25) is 4.68 Å². The van der Waals surface area contributed by atoms with Crippen molar-refractivity contribution in [3.63, 3.8) is 0 Å². The maximum Gasteiger partial charge on any atom is 0.246 e. The van der Waals surface area contributed by atoms with Crippen LogP contribution in [0, 0.1) is 0 Å². The molecule has 2 fully saturated rings. The maximum atomic E-state index is 12.7. The SMILES string of the molecule is CCNCCn1cc(S(=O)(=O)N2CC3CCC(C2)O3)cn1. The number of sulfonamides is 1. The van der Waals surface area contributed by atoms with Crippen molar-refractivity contribution >= 4 is 10.0 Å². The first-order chi connectivity index (χ1) is 10.1. The van der Waals surface area contributed by atoms with Gasteiger partial charge in [0.15, 0.2) is 0 Å². The van der Waals surface area contributed by atoms with Gasteiger partial charge in [-0.05, 0) is 19.4 Å². The van der Waals surface area contributed by atoms with Crippen LogP contribution < -0.4 is 5.32 Å². The number of morpholine rings is 1. The number of ether oxygens (including phenoxy) is 1. The van der Waals surface area contributed by atoms with Crippen LogP contribution in [0.25, 0.3) is 0 Å². The lowest BCUT2D eigenvalue weighted by atomic mass is 10.2. The number of nitrogens with one attached hydrogen (secondary N) is 1. The number of likely N-dealkylation sites (N-methyl/N-ethyl adjacent to an activating group) is 1. The van der Waals surface area contributed by atoms with Crippen LogP contribution in [0.15, 0.2) is 17.3 Å². The monoisotopic (exact) mass is 314 g/mol. The molecule has 0 aromatic carbocycles. The Morgan fingerprint density at radius 1 is 1.38 bits per heavy atom. The van der Waals surface area contributed by atoms with E-state index in [1.165, 1.54) is 6.20 Å². The van der Waals surface area contributed by atoms with Crippen LogP contribution in [0.1, 0.15) is 19.8 Å². The van der Waals surface area contributed by atoms with Crippen LogP contribution in [0.4, 0.5) is 0 Å². The topological polar surface area (TPSA) is 76.5 Å². The first-order valence-electron chi connectivity index (χ1n) is 7.48. The second kappa shape index (κ2) is 6.04. The van der Waals surface area contributed by atoms with Gasteiger partial charge in [0.1, 0.15) is 4.90 Å². The fourth-order valence-corrected chi connectivity index (χ4v) is 4.35. The van der Waals surface area contributed by atoms with Gasteiger partial charge in [-0.25, -0.2) is 8.42 Å². The highest BCUT2D eigenvalue weighted by Gasteiger charge is 2.39. The molecule has 0 aliphatic carbocycles. The third-order valence-electron chi connectivity index (χ3n) is 4.03. The Bertz CT molecular complexity index is 574. The van der Waals surface area contributed by atoms with Gasteiger partial charge in [0.2, 0.25) is 10.0 Å². The van der Waals surface area contributed by atoms with E-state index in [2.05, 4.69) is 10.4 Å². The number of aromatic nitrogens is 2. The van der Waals surface area contributed by atoms with E-state index in [4.69, 9.17) is 4.74 Å². The lowest BCUT2D eigenvalue weighted by Crippen LogP contribution is -2.45. The molecule has 2 saturated heterocycles. The molecule has 2 aliphatic rings. The Labute approximate surface area is 125 Å². The van der Waals surface area contributed by atoms with E-state index in [9.17, 15) is 8.42 Å². The summed E-state index contributed by atoms with van der Waals surface area (Å²) in [6.07, 6.45) is 5.09. The average molecular weight is 314 g/mol. The molecule has 0 amide bonds. The van der Waals surface area contributed by atoms with Crippen LogP contribution in [0.3, 0.4) is 0 Å². The van der Waals surface area contributed by atoms with Crippen molar-refractivity contribution in [1.82, 2.24) is 19.4 Å². The first-order valence-corrected chi connectivity index (χ1v) is 8.92. The van der Waals surface area contributed by atoms with Crippen molar-refractivity contribution in [2.75, 3.05) is 26.2 Å².